The van der Waals surface area contributed by atoms with E-state index in [1.807, 2.05) is 0 Å². The average Bonchev–Trinajstić information content (AvgIpc) is 2.73. The number of imide groups is 1. The number of benzene rings is 1. The number of rotatable bonds is 6. The lowest BCUT2D eigenvalue weighted by Gasteiger charge is -2.16. The number of carbonyl (C=O) groups excluding carboxylic acids is 4. The molecule has 1 fully saturated rings. The van der Waals surface area contributed by atoms with Crippen LogP contribution in [0.25, 0.3) is 0 Å². The molecule has 1 aliphatic heterocycles. The molecule has 0 saturated carbocycles. The van der Waals surface area contributed by atoms with Crippen LogP contribution in [0, 0.1) is 5.82 Å². The summed E-state index contributed by atoms with van der Waals surface area (Å²) in [6.45, 7) is 4.40. The molecule has 1 heterocycles. The van der Waals surface area contributed by atoms with Gasteiger partial charge in [-0.1, -0.05) is 0 Å². The van der Waals surface area contributed by atoms with Gasteiger partial charge in [0.15, 0.2) is 6.10 Å². The molecule has 0 aliphatic carbocycles. The van der Waals surface area contributed by atoms with Crippen molar-refractivity contribution in [1.82, 2.24) is 10.2 Å². The zero-order valence-electron chi connectivity index (χ0n) is 14.2. The Morgan fingerprint density at radius 2 is 1.84 bits per heavy atom. The van der Waals surface area contributed by atoms with Crippen molar-refractivity contribution in [2.24, 2.45) is 0 Å². The maximum Gasteiger partial charge on any atom is 0.325 e. The Morgan fingerprint density at radius 1 is 1.24 bits per heavy atom. The lowest BCUT2D eigenvalue weighted by Crippen LogP contribution is -2.40. The second-order valence-corrected chi connectivity index (χ2v) is 6.27. The molecule has 0 radical (unpaired) electrons. The van der Waals surface area contributed by atoms with E-state index in [2.05, 4.69) is 5.32 Å². The summed E-state index contributed by atoms with van der Waals surface area (Å²) in [6, 6.07) is 4.31. The molecule has 0 aromatic heterocycles. The molecule has 0 spiro atoms. The number of esters is 1. The second kappa shape index (κ2) is 7.00. The highest BCUT2D eigenvalue weighted by molar-refractivity contribution is 6.06. The third kappa shape index (κ3) is 4.20. The van der Waals surface area contributed by atoms with Crippen LogP contribution in [0.15, 0.2) is 24.3 Å². The van der Waals surface area contributed by atoms with Gasteiger partial charge < -0.3 is 10.1 Å². The molecule has 1 aromatic rings. The number of amides is 3. The first kappa shape index (κ1) is 18.6. The van der Waals surface area contributed by atoms with Gasteiger partial charge in [-0.25, -0.2) is 9.18 Å². The zero-order chi connectivity index (χ0) is 18.8. The average molecular weight is 350 g/mol. The highest BCUT2D eigenvalue weighted by Gasteiger charge is 2.44. The first-order valence-corrected chi connectivity index (χ1v) is 7.75. The molecule has 1 aliphatic rings. The predicted molar refractivity (Wildman–Crippen MR) is 85.2 cm³/mol. The van der Waals surface area contributed by atoms with E-state index < -0.39 is 41.2 Å². The summed E-state index contributed by atoms with van der Waals surface area (Å²) in [4.78, 5) is 48.6. The highest BCUT2D eigenvalue weighted by Crippen LogP contribution is 2.17. The van der Waals surface area contributed by atoms with Crippen LogP contribution in [0.2, 0.25) is 0 Å². The molecule has 7 nitrogen and oxygen atoms in total. The summed E-state index contributed by atoms with van der Waals surface area (Å²) in [5.74, 6) is -2.09. The number of urea groups is 1. The number of nitrogens with zero attached hydrogens (tertiary/aromatic N) is 1. The first-order valence-electron chi connectivity index (χ1n) is 7.75. The zero-order valence-corrected chi connectivity index (χ0v) is 14.2. The van der Waals surface area contributed by atoms with Crippen molar-refractivity contribution < 1.29 is 28.3 Å². The van der Waals surface area contributed by atoms with E-state index in [1.165, 1.54) is 19.1 Å². The molecule has 1 N–H and O–H groups in total. The number of carbonyl (C=O) groups is 4. The van der Waals surface area contributed by atoms with Gasteiger partial charge in [-0.15, -0.1) is 0 Å². The van der Waals surface area contributed by atoms with Crippen LogP contribution in [0.5, 0.6) is 0 Å². The second-order valence-electron chi connectivity index (χ2n) is 6.27. The molecule has 0 bridgehead atoms. The minimum atomic E-state index is -1.06. The van der Waals surface area contributed by atoms with Gasteiger partial charge in [0.05, 0.1) is 6.42 Å². The molecule has 1 aromatic carbocycles. The maximum atomic E-state index is 12.9. The summed E-state index contributed by atoms with van der Waals surface area (Å²) in [7, 11) is 0. The van der Waals surface area contributed by atoms with Crippen LogP contribution in [-0.4, -0.2) is 46.8 Å². The van der Waals surface area contributed by atoms with E-state index in [0.29, 0.717) is 0 Å². The molecule has 134 valence electrons. The van der Waals surface area contributed by atoms with E-state index in [9.17, 15) is 23.6 Å². The number of ketones is 1. The number of hydrogen-bond acceptors (Lipinski definition) is 5. The number of nitrogens with one attached hydrogen (secondary N) is 1. The van der Waals surface area contributed by atoms with Gasteiger partial charge in [-0.2, -0.15) is 0 Å². The van der Waals surface area contributed by atoms with Crippen molar-refractivity contribution >= 4 is 23.7 Å². The Balaban J connectivity index is 1.87. The van der Waals surface area contributed by atoms with Crippen LogP contribution in [0.1, 0.15) is 37.6 Å². The van der Waals surface area contributed by atoms with Gasteiger partial charge >= 0.3 is 12.0 Å². The van der Waals surface area contributed by atoms with Gasteiger partial charge in [0.1, 0.15) is 11.4 Å². The van der Waals surface area contributed by atoms with Gasteiger partial charge in [-0.3, -0.25) is 19.3 Å². The van der Waals surface area contributed by atoms with Gasteiger partial charge in [0, 0.05) is 12.1 Å². The Bertz CT molecular complexity index is 714. The fourth-order valence-electron chi connectivity index (χ4n) is 2.38. The molecule has 3 amide bonds. The number of hydrogen-bond donors (Lipinski definition) is 1. The summed E-state index contributed by atoms with van der Waals surface area (Å²) < 4.78 is 17.9. The predicted octanol–water partition coefficient (Wildman–Crippen LogP) is 1.66. The van der Waals surface area contributed by atoms with Crippen LogP contribution in [0.3, 0.4) is 0 Å². The first-order chi connectivity index (χ1) is 11.6. The monoisotopic (exact) mass is 350 g/mol. The number of Topliss-reactive ketones (excluding diaryl/α,β-unsaturated/α-hetero) is 1. The molecule has 1 atom stereocenters. The summed E-state index contributed by atoms with van der Waals surface area (Å²) in [6.07, 6.45) is -1.28. The highest BCUT2D eigenvalue weighted by atomic mass is 19.1. The fourth-order valence-corrected chi connectivity index (χ4v) is 2.38. The van der Waals surface area contributed by atoms with Crippen LogP contribution in [0.4, 0.5) is 9.18 Å². The third-order valence-electron chi connectivity index (χ3n) is 3.79. The van der Waals surface area contributed by atoms with E-state index in [0.717, 1.165) is 17.0 Å². The van der Waals surface area contributed by atoms with Crippen LogP contribution in [-0.2, 0) is 14.3 Å². The minimum absolute atomic E-state index is 0.135. The summed E-state index contributed by atoms with van der Waals surface area (Å²) >= 11 is 0. The maximum absolute atomic E-state index is 12.9. The van der Waals surface area contributed by atoms with E-state index >= 15 is 0 Å². The van der Waals surface area contributed by atoms with Crippen molar-refractivity contribution in [1.29, 1.82) is 0 Å². The fraction of sp³-hybridized carbons (Fsp3) is 0.412. The molecule has 1 saturated heterocycles. The SMILES string of the molecule is C[C@H](OC(=O)CCN1C(=O)NC(C)(C)C1=O)C(=O)c1ccc(F)cc1. The van der Waals surface area contributed by atoms with Crippen LogP contribution < -0.4 is 5.32 Å². The lowest BCUT2D eigenvalue weighted by atomic mass is 10.1. The van der Waals surface area contributed by atoms with Crippen molar-refractivity contribution in [3.8, 4) is 0 Å². The van der Waals surface area contributed by atoms with E-state index in [1.54, 1.807) is 13.8 Å². The topological polar surface area (TPSA) is 92.8 Å². The van der Waals surface area contributed by atoms with Gasteiger partial charge in [0.2, 0.25) is 5.78 Å². The van der Waals surface area contributed by atoms with Gasteiger partial charge in [0.25, 0.3) is 5.91 Å². The molecule has 0 unspecified atom stereocenters. The Labute approximate surface area is 144 Å². The standard InChI is InChI=1S/C17H19FN2O5/c1-10(14(22)11-4-6-12(18)7-5-11)25-13(21)8-9-20-15(23)17(2,3)19-16(20)24/h4-7,10H,8-9H2,1-3H3,(H,19,24)/t10-/m0/s1. The molecule has 25 heavy (non-hydrogen) atoms. The minimum Gasteiger partial charge on any atom is -0.454 e. The normalized spacial score (nSPS) is 17.2. The Kier molecular flexibility index (Phi) is 5.20. The number of halogens is 1. The van der Waals surface area contributed by atoms with Gasteiger partial charge in [-0.05, 0) is 45.0 Å². The van der Waals surface area contributed by atoms with Crippen LogP contribution >= 0.6 is 0 Å². The molecular formula is C17H19FN2O5. The van der Waals surface area contributed by atoms with Crippen molar-refractivity contribution in [2.45, 2.75) is 38.8 Å². The van der Waals surface area contributed by atoms with Crippen molar-refractivity contribution in [3.05, 3.63) is 35.6 Å². The smallest absolute Gasteiger partial charge is 0.325 e. The quantitative estimate of drug-likeness (QED) is 0.478. The molecular weight excluding hydrogens is 331 g/mol. The molecule has 2 rings (SSSR count). The third-order valence-corrected chi connectivity index (χ3v) is 3.79. The Hall–Kier alpha value is -2.77. The Morgan fingerprint density at radius 3 is 2.36 bits per heavy atom. The van der Waals surface area contributed by atoms with Crippen molar-refractivity contribution in [2.75, 3.05) is 6.54 Å². The summed E-state index contributed by atoms with van der Waals surface area (Å²) in [5, 5.41) is 2.50. The summed E-state index contributed by atoms with van der Waals surface area (Å²) in [5.41, 5.74) is -0.787. The van der Waals surface area contributed by atoms with Crippen molar-refractivity contribution in [3.63, 3.8) is 0 Å². The largest absolute Gasteiger partial charge is 0.454 e. The molecule has 8 heteroatoms. The van der Waals surface area contributed by atoms with E-state index in [-0.39, 0.29) is 18.5 Å². The van der Waals surface area contributed by atoms with E-state index in [4.69, 9.17) is 4.74 Å². The number of ether oxygens (including phenoxy) is 1. The lowest BCUT2D eigenvalue weighted by molar-refractivity contribution is -0.146.